The Kier molecular flexibility index (Phi) is 7.97. The monoisotopic (exact) mass is 526 g/mol. The van der Waals surface area contributed by atoms with Crippen molar-refractivity contribution in [1.82, 2.24) is 9.80 Å². The molecule has 38 heavy (non-hydrogen) atoms. The second-order valence-electron chi connectivity index (χ2n) is 13.0. The van der Waals surface area contributed by atoms with Gasteiger partial charge in [0, 0.05) is 49.9 Å². The van der Waals surface area contributed by atoms with Gasteiger partial charge in [-0.3, -0.25) is 14.4 Å². The molecule has 8 heteroatoms. The van der Waals surface area contributed by atoms with Crippen LogP contribution in [0.2, 0.25) is 0 Å². The number of carbonyl (C=O) groups is 3. The summed E-state index contributed by atoms with van der Waals surface area (Å²) < 4.78 is 5.96. The number of hydrogen-bond donors (Lipinski definition) is 1. The summed E-state index contributed by atoms with van der Waals surface area (Å²) in [5.41, 5.74) is 7.31. The largest absolute Gasteiger partial charge is 0.369 e. The fourth-order valence-corrected chi connectivity index (χ4v) is 6.44. The number of Topliss-reactive ketones (excluding diaryl/α,β-unsaturated/α-hetero) is 1. The van der Waals surface area contributed by atoms with Gasteiger partial charge in [-0.25, -0.2) is 0 Å². The first-order valence-electron chi connectivity index (χ1n) is 14.2. The molecular formula is C30H46N4O4. The van der Waals surface area contributed by atoms with Gasteiger partial charge in [-0.1, -0.05) is 48.5 Å². The number of anilines is 1. The van der Waals surface area contributed by atoms with Gasteiger partial charge in [0.2, 0.25) is 11.8 Å². The Morgan fingerprint density at radius 3 is 2.29 bits per heavy atom. The molecule has 0 aliphatic carbocycles. The first-order valence-corrected chi connectivity index (χ1v) is 14.2. The Balaban J connectivity index is 1.77. The summed E-state index contributed by atoms with van der Waals surface area (Å²) in [6.45, 7) is 20.0. The van der Waals surface area contributed by atoms with Gasteiger partial charge in [-0.15, -0.1) is 0 Å². The number of piperazine rings is 1. The van der Waals surface area contributed by atoms with Crippen molar-refractivity contribution in [2.24, 2.45) is 22.5 Å². The lowest BCUT2D eigenvalue weighted by atomic mass is 9.71. The van der Waals surface area contributed by atoms with Crippen molar-refractivity contribution in [3.63, 3.8) is 0 Å². The van der Waals surface area contributed by atoms with Crippen molar-refractivity contribution in [1.29, 1.82) is 0 Å². The number of carbonyl (C=O) groups excluding carboxylic acids is 3. The number of rotatable bonds is 7. The van der Waals surface area contributed by atoms with Crippen molar-refractivity contribution in [3.8, 4) is 0 Å². The van der Waals surface area contributed by atoms with E-state index in [9.17, 15) is 14.4 Å². The summed E-state index contributed by atoms with van der Waals surface area (Å²) in [6.07, 6.45) is 0.421. The molecular weight excluding hydrogens is 480 g/mol. The fourth-order valence-electron chi connectivity index (χ4n) is 6.44. The van der Waals surface area contributed by atoms with Crippen LogP contribution in [0.15, 0.2) is 18.2 Å². The third-order valence-electron chi connectivity index (χ3n) is 9.32. The number of ketones is 1. The molecule has 0 bridgehead atoms. The van der Waals surface area contributed by atoms with Gasteiger partial charge >= 0.3 is 0 Å². The molecule has 2 amide bonds. The fraction of sp³-hybridized carbons (Fsp3) is 0.700. The lowest BCUT2D eigenvalue weighted by Crippen LogP contribution is -2.47. The van der Waals surface area contributed by atoms with Crippen LogP contribution in [0.25, 0.3) is 0 Å². The predicted molar refractivity (Wildman–Crippen MR) is 149 cm³/mol. The molecule has 2 N–H and O–H groups in total. The van der Waals surface area contributed by atoms with E-state index >= 15 is 0 Å². The second-order valence-corrected chi connectivity index (χ2v) is 13.0. The van der Waals surface area contributed by atoms with Crippen molar-refractivity contribution < 1.29 is 19.1 Å². The van der Waals surface area contributed by atoms with Crippen LogP contribution in [0.5, 0.6) is 0 Å². The molecule has 4 atom stereocenters. The van der Waals surface area contributed by atoms with Gasteiger partial charge in [0.05, 0.1) is 12.0 Å². The minimum absolute atomic E-state index is 0.0409. The molecule has 3 heterocycles. The molecule has 1 aromatic rings. The molecule has 0 unspecified atom stereocenters. The average Bonchev–Trinajstić information content (AvgIpc) is 3.44. The standard InChI is InChI=1S/C30H46N4O4/c1-8-30(6,7)24(28(37)34-17-22(29(3,4)5)26-25(34)23(35)18-38-26)21-16-19(10-11-20(21)27(31)36)33-14-12-32(9-2)13-15-33/h10-11,16,22,24-26H,8-9,12-15,17-18H2,1-7H3,(H2,31,36)/t22-,24-,25+,26+/m0/s1. The highest BCUT2D eigenvalue weighted by Crippen LogP contribution is 2.47. The van der Waals surface area contributed by atoms with Crippen LogP contribution < -0.4 is 10.6 Å². The quantitative estimate of drug-likeness (QED) is 0.586. The first kappa shape index (κ1) is 28.6. The van der Waals surface area contributed by atoms with E-state index in [1.54, 1.807) is 11.0 Å². The molecule has 0 saturated carbocycles. The van der Waals surface area contributed by atoms with Crippen LogP contribution in [0.3, 0.4) is 0 Å². The van der Waals surface area contributed by atoms with E-state index in [0.717, 1.165) is 44.8 Å². The number of nitrogens with two attached hydrogens (primary N) is 1. The van der Waals surface area contributed by atoms with Crippen molar-refractivity contribution in [3.05, 3.63) is 29.3 Å². The smallest absolute Gasteiger partial charge is 0.249 e. The van der Waals surface area contributed by atoms with E-state index in [1.807, 2.05) is 12.1 Å². The molecule has 1 aromatic carbocycles. The highest BCUT2D eigenvalue weighted by Gasteiger charge is 2.56. The minimum Gasteiger partial charge on any atom is -0.369 e. The van der Waals surface area contributed by atoms with E-state index in [2.05, 4.69) is 58.3 Å². The number of primary amides is 1. The maximum absolute atomic E-state index is 14.6. The van der Waals surface area contributed by atoms with Gasteiger partial charge in [-0.05, 0) is 47.6 Å². The van der Waals surface area contributed by atoms with Crippen molar-refractivity contribution >= 4 is 23.3 Å². The number of benzene rings is 1. The molecule has 210 valence electrons. The van der Waals surface area contributed by atoms with Crippen LogP contribution in [0.4, 0.5) is 5.69 Å². The Morgan fingerprint density at radius 1 is 1.08 bits per heavy atom. The number of nitrogens with zero attached hydrogens (tertiary/aromatic N) is 3. The van der Waals surface area contributed by atoms with E-state index in [0.29, 0.717) is 17.7 Å². The molecule has 3 fully saturated rings. The van der Waals surface area contributed by atoms with Gasteiger partial charge in [0.15, 0.2) is 5.78 Å². The topological polar surface area (TPSA) is 96.2 Å². The maximum Gasteiger partial charge on any atom is 0.249 e. The van der Waals surface area contributed by atoms with E-state index in [-0.39, 0.29) is 35.7 Å². The summed E-state index contributed by atoms with van der Waals surface area (Å²) in [5, 5.41) is 0. The third kappa shape index (κ3) is 5.22. The van der Waals surface area contributed by atoms with E-state index < -0.39 is 23.3 Å². The number of amides is 2. The lowest BCUT2D eigenvalue weighted by Gasteiger charge is -2.39. The van der Waals surface area contributed by atoms with Crippen LogP contribution in [0.1, 0.15) is 76.7 Å². The molecule has 8 nitrogen and oxygen atoms in total. The van der Waals surface area contributed by atoms with Gasteiger partial charge in [0.1, 0.15) is 12.6 Å². The summed E-state index contributed by atoms with van der Waals surface area (Å²) in [7, 11) is 0. The molecule has 3 aliphatic heterocycles. The molecule has 0 spiro atoms. The number of likely N-dealkylation sites (tertiary alicyclic amines) is 1. The summed E-state index contributed by atoms with van der Waals surface area (Å²) >= 11 is 0. The van der Waals surface area contributed by atoms with Gasteiger partial charge < -0.3 is 25.2 Å². The Morgan fingerprint density at radius 2 is 1.74 bits per heavy atom. The summed E-state index contributed by atoms with van der Waals surface area (Å²) in [6, 6.07) is 5.15. The minimum atomic E-state index is -0.625. The summed E-state index contributed by atoms with van der Waals surface area (Å²) in [4.78, 5) is 46.8. The average molecular weight is 527 g/mol. The number of fused-ring (bicyclic) bond motifs is 1. The Hall–Kier alpha value is -2.45. The van der Waals surface area contributed by atoms with E-state index in [1.165, 1.54) is 0 Å². The SMILES string of the molecule is CCN1CCN(c2ccc(C(N)=O)c([C@@H](C(=O)N3C[C@H](C(C)(C)C)[C@H]4OCC(=O)[C@H]43)C(C)(C)CC)c2)CC1. The normalized spacial score (nSPS) is 25.6. The number of hydrogen-bond acceptors (Lipinski definition) is 6. The number of likely N-dealkylation sites (N-methyl/N-ethyl adjacent to an activating group) is 1. The number of ether oxygens (including phenoxy) is 1. The van der Waals surface area contributed by atoms with Crippen LogP contribution >= 0.6 is 0 Å². The molecule has 0 aromatic heterocycles. The van der Waals surface area contributed by atoms with E-state index in [4.69, 9.17) is 10.5 Å². The first-order chi connectivity index (χ1) is 17.8. The van der Waals surface area contributed by atoms with Gasteiger partial charge in [-0.2, -0.15) is 0 Å². The highest BCUT2D eigenvalue weighted by atomic mass is 16.5. The molecule has 3 saturated heterocycles. The zero-order valence-electron chi connectivity index (χ0n) is 24.3. The Bertz CT molecular complexity index is 1070. The predicted octanol–water partition coefficient (Wildman–Crippen LogP) is 3.29. The zero-order valence-corrected chi connectivity index (χ0v) is 24.3. The van der Waals surface area contributed by atoms with Crippen LogP contribution in [0, 0.1) is 16.7 Å². The molecule has 0 radical (unpaired) electrons. The van der Waals surface area contributed by atoms with Crippen LogP contribution in [-0.4, -0.2) is 85.4 Å². The second kappa shape index (κ2) is 10.6. The maximum atomic E-state index is 14.6. The molecule has 3 aliphatic rings. The van der Waals surface area contributed by atoms with Gasteiger partial charge in [0.25, 0.3) is 0 Å². The Labute approximate surface area is 227 Å². The highest BCUT2D eigenvalue weighted by molar-refractivity contribution is 5.99. The third-order valence-corrected chi connectivity index (χ3v) is 9.32. The van der Waals surface area contributed by atoms with Crippen LogP contribution in [-0.2, 0) is 14.3 Å². The summed E-state index contributed by atoms with van der Waals surface area (Å²) in [5.74, 6) is -1.28. The van der Waals surface area contributed by atoms with Crippen molar-refractivity contribution in [2.75, 3.05) is 50.8 Å². The van der Waals surface area contributed by atoms with Crippen molar-refractivity contribution in [2.45, 2.75) is 73.0 Å². The molecule has 4 rings (SSSR count). The zero-order chi connectivity index (χ0) is 28.0. The lowest BCUT2D eigenvalue weighted by molar-refractivity contribution is -0.140.